The Labute approximate surface area is 183 Å². The number of nitrogens with zero attached hydrogens (tertiary/aromatic N) is 3. The molecular weight excluding hydrogens is 396 g/mol. The van der Waals surface area contributed by atoms with Crippen molar-refractivity contribution in [2.75, 3.05) is 39.4 Å². The van der Waals surface area contributed by atoms with Gasteiger partial charge in [0, 0.05) is 50.2 Å². The van der Waals surface area contributed by atoms with Crippen LogP contribution < -0.4 is 5.32 Å². The van der Waals surface area contributed by atoms with Crippen molar-refractivity contribution in [1.82, 2.24) is 15.2 Å². The van der Waals surface area contributed by atoms with E-state index >= 15 is 0 Å². The summed E-state index contributed by atoms with van der Waals surface area (Å²) in [4.78, 5) is 12.0. The highest BCUT2D eigenvalue weighted by Crippen LogP contribution is 2.24. The van der Waals surface area contributed by atoms with Crippen molar-refractivity contribution in [3.8, 4) is 10.6 Å². The van der Waals surface area contributed by atoms with E-state index < -0.39 is 0 Å². The van der Waals surface area contributed by atoms with Crippen LogP contribution in [0.5, 0.6) is 0 Å². The summed E-state index contributed by atoms with van der Waals surface area (Å²) >= 11 is 1.70. The van der Waals surface area contributed by atoms with Crippen molar-refractivity contribution in [1.29, 1.82) is 0 Å². The quantitative estimate of drug-likeness (QED) is 0.564. The van der Waals surface area contributed by atoms with Crippen LogP contribution in [0.1, 0.15) is 31.0 Å². The first-order valence-electron chi connectivity index (χ1n) is 11.0. The van der Waals surface area contributed by atoms with Crippen LogP contribution in [0.15, 0.2) is 34.6 Å². The maximum absolute atomic E-state index is 5.99. The van der Waals surface area contributed by atoms with Crippen molar-refractivity contribution in [2.24, 2.45) is 4.99 Å². The monoisotopic (exact) mass is 428 g/mol. The van der Waals surface area contributed by atoms with E-state index in [2.05, 4.69) is 53.7 Å². The fraction of sp³-hybridized carbons (Fsp3) is 0.565. The standard InChI is InChI=1S/C23H32N4O2S/c1-3-24-23(27-12-14-29-21(15-27)20-5-4-13-28-20)25-11-10-19-16-30-22(26-19)18-8-6-17(2)7-9-18/h6-9,16,20-21H,3-5,10-15H2,1-2H3,(H,24,25). The van der Waals surface area contributed by atoms with Crippen LogP contribution in [0.4, 0.5) is 0 Å². The second kappa shape index (κ2) is 10.4. The van der Waals surface area contributed by atoms with Crippen LogP contribution >= 0.6 is 11.3 Å². The number of morpholine rings is 1. The third kappa shape index (κ3) is 5.39. The second-order valence-corrected chi connectivity index (χ2v) is 8.76. The van der Waals surface area contributed by atoms with Gasteiger partial charge in [-0.3, -0.25) is 4.99 Å². The first kappa shape index (κ1) is 21.3. The Morgan fingerprint density at radius 3 is 2.83 bits per heavy atom. The molecule has 2 atom stereocenters. The number of ether oxygens (including phenoxy) is 2. The highest BCUT2D eigenvalue weighted by Gasteiger charge is 2.32. The zero-order valence-corrected chi connectivity index (χ0v) is 18.8. The molecule has 2 fully saturated rings. The molecule has 1 N–H and O–H groups in total. The summed E-state index contributed by atoms with van der Waals surface area (Å²) in [5.41, 5.74) is 3.56. The van der Waals surface area contributed by atoms with Crippen molar-refractivity contribution < 1.29 is 9.47 Å². The fourth-order valence-corrected chi connectivity index (χ4v) is 4.80. The zero-order chi connectivity index (χ0) is 20.8. The topological polar surface area (TPSA) is 59.0 Å². The van der Waals surface area contributed by atoms with Crippen LogP contribution in [-0.4, -0.2) is 67.4 Å². The number of hydrogen-bond acceptors (Lipinski definition) is 5. The van der Waals surface area contributed by atoms with Crippen LogP contribution in [0, 0.1) is 6.92 Å². The van der Waals surface area contributed by atoms with Crippen LogP contribution in [0.2, 0.25) is 0 Å². The summed E-state index contributed by atoms with van der Waals surface area (Å²) < 4.78 is 11.8. The van der Waals surface area contributed by atoms with Crippen LogP contribution in [0.3, 0.4) is 0 Å². The Morgan fingerprint density at radius 1 is 1.23 bits per heavy atom. The number of rotatable bonds is 6. The lowest BCUT2D eigenvalue weighted by Gasteiger charge is -2.37. The fourth-order valence-electron chi connectivity index (χ4n) is 3.94. The highest BCUT2D eigenvalue weighted by molar-refractivity contribution is 7.13. The van der Waals surface area contributed by atoms with Gasteiger partial charge in [0.1, 0.15) is 11.1 Å². The molecule has 2 aliphatic rings. The summed E-state index contributed by atoms with van der Waals surface area (Å²) in [5, 5.41) is 6.68. The van der Waals surface area contributed by atoms with Gasteiger partial charge in [0.05, 0.1) is 18.4 Å². The van der Waals surface area contributed by atoms with Crippen molar-refractivity contribution in [3.05, 3.63) is 40.9 Å². The molecule has 0 spiro atoms. The van der Waals surface area contributed by atoms with E-state index in [4.69, 9.17) is 19.5 Å². The Balaban J connectivity index is 1.35. The molecule has 1 aromatic heterocycles. The third-order valence-corrected chi connectivity index (χ3v) is 6.53. The average molecular weight is 429 g/mol. The molecule has 0 radical (unpaired) electrons. The van der Waals surface area contributed by atoms with Gasteiger partial charge >= 0.3 is 0 Å². The third-order valence-electron chi connectivity index (χ3n) is 5.59. The van der Waals surface area contributed by atoms with E-state index in [0.29, 0.717) is 0 Å². The van der Waals surface area contributed by atoms with Crippen molar-refractivity contribution in [3.63, 3.8) is 0 Å². The maximum Gasteiger partial charge on any atom is 0.194 e. The molecular formula is C23H32N4O2S. The van der Waals surface area contributed by atoms with E-state index in [-0.39, 0.29) is 12.2 Å². The lowest BCUT2D eigenvalue weighted by Crippen LogP contribution is -2.53. The van der Waals surface area contributed by atoms with Crippen LogP contribution in [0.25, 0.3) is 10.6 Å². The summed E-state index contributed by atoms with van der Waals surface area (Å²) in [6, 6.07) is 8.55. The van der Waals surface area contributed by atoms with Gasteiger partial charge in [-0.25, -0.2) is 4.98 Å². The van der Waals surface area contributed by atoms with E-state index in [1.807, 2.05) is 0 Å². The molecule has 162 valence electrons. The van der Waals surface area contributed by atoms with Crippen molar-refractivity contribution in [2.45, 2.75) is 45.3 Å². The molecule has 4 rings (SSSR count). The first-order chi connectivity index (χ1) is 14.7. The number of aliphatic imine (C=N–C) groups is 1. The van der Waals surface area contributed by atoms with Crippen LogP contribution in [-0.2, 0) is 15.9 Å². The van der Waals surface area contributed by atoms with Gasteiger partial charge < -0.3 is 19.7 Å². The lowest BCUT2D eigenvalue weighted by atomic mass is 10.1. The highest BCUT2D eigenvalue weighted by atomic mass is 32.1. The van der Waals surface area contributed by atoms with Gasteiger partial charge in [-0.15, -0.1) is 11.3 Å². The number of guanidine groups is 1. The van der Waals surface area contributed by atoms with E-state index in [0.717, 1.165) is 75.3 Å². The smallest absolute Gasteiger partial charge is 0.194 e. The molecule has 2 aliphatic heterocycles. The Hall–Kier alpha value is -1.96. The molecule has 0 saturated carbocycles. The Morgan fingerprint density at radius 2 is 2.07 bits per heavy atom. The summed E-state index contributed by atoms with van der Waals surface area (Å²) in [7, 11) is 0. The minimum absolute atomic E-state index is 0.140. The normalized spacial score (nSPS) is 22.5. The zero-order valence-electron chi connectivity index (χ0n) is 18.0. The van der Waals surface area contributed by atoms with E-state index in [1.165, 1.54) is 11.1 Å². The summed E-state index contributed by atoms with van der Waals surface area (Å²) in [6.45, 7) is 9.08. The molecule has 6 nitrogen and oxygen atoms in total. The minimum atomic E-state index is 0.140. The van der Waals surface area contributed by atoms with Gasteiger partial charge in [-0.1, -0.05) is 29.8 Å². The number of thiazole rings is 1. The van der Waals surface area contributed by atoms with Gasteiger partial charge in [0.2, 0.25) is 0 Å². The predicted octanol–water partition coefficient (Wildman–Crippen LogP) is 3.51. The number of nitrogens with one attached hydrogen (secondary N) is 1. The maximum atomic E-state index is 5.99. The molecule has 0 amide bonds. The number of aromatic nitrogens is 1. The molecule has 3 heterocycles. The summed E-state index contributed by atoms with van der Waals surface area (Å²) in [6.07, 6.45) is 3.44. The molecule has 0 aliphatic carbocycles. The molecule has 30 heavy (non-hydrogen) atoms. The lowest BCUT2D eigenvalue weighted by molar-refractivity contribution is -0.0817. The number of aryl methyl sites for hydroxylation is 1. The molecule has 2 saturated heterocycles. The molecule has 7 heteroatoms. The predicted molar refractivity (Wildman–Crippen MR) is 122 cm³/mol. The Kier molecular flexibility index (Phi) is 7.36. The second-order valence-electron chi connectivity index (χ2n) is 7.90. The first-order valence-corrected chi connectivity index (χ1v) is 11.9. The molecule has 0 bridgehead atoms. The molecule has 2 unspecified atom stereocenters. The van der Waals surface area contributed by atoms with E-state index in [1.54, 1.807) is 11.3 Å². The summed E-state index contributed by atoms with van der Waals surface area (Å²) in [5.74, 6) is 0.970. The number of benzene rings is 1. The Bertz CT molecular complexity index is 830. The van der Waals surface area contributed by atoms with Gasteiger partial charge in [0.25, 0.3) is 0 Å². The average Bonchev–Trinajstić information content (AvgIpc) is 3.46. The van der Waals surface area contributed by atoms with Gasteiger partial charge in [0.15, 0.2) is 5.96 Å². The minimum Gasteiger partial charge on any atom is -0.375 e. The van der Waals surface area contributed by atoms with Gasteiger partial charge in [-0.05, 0) is 26.7 Å². The largest absolute Gasteiger partial charge is 0.375 e. The van der Waals surface area contributed by atoms with Gasteiger partial charge in [-0.2, -0.15) is 0 Å². The SMILES string of the molecule is CCNC(=NCCc1csc(-c2ccc(C)cc2)n1)N1CCOC(C2CCCO2)C1. The molecule has 1 aromatic carbocycles. The van der Waals surface area contributed by atoms with E-state index in [9.17, 15) is 0 Å². The molecule has 2 aromatic rings. The number of hydrogen-bond donors (Lipinski definition) is 1. The van der Waals surface area contributed by atoms with Crippen molar-refractivity contribution >= 4 is 17.3 Å².